The molecular weight excluding hydrogens is 347 g/mol. The van der Waals surface area contributed by atoms with Crippen LogP contribution in [-0.2, 0) is 17.4 Å². The topological polar surface area (TPSA) is 66.4 Å². The fraction of sp³-hybridized carbons (Fsp3) is 0.263. The minimum absolute atomic E-state index is 0.115. The largest absolute Gasteiger partial charge is 0.481 e. The van der Waals surface area contributed by atoms with Crippen LogP contribution in [0.2, 0.25) is 0 Å². The molecule has 138 valence electrons. The van der Waals surface area contributed by atoms with Gasteiger partial charge in [0.2, 0.25) is 0 Å². The van der Waals surface area contributed by atoms with E-state index in [0.717, 1.165) is 17.7 Å². The summed E-state index contributed by atoms with van der Waals surface area (Å²) in [6, 6.07) is 12.9. The molecule has 0 saturated heterocycles. The van der Waals surface area contributed by atoms with Crippen LogP contribution < -0.4 is 5.32 Å². The van der Waals surface area contributed by atoms with Gasteiger partial charge in [0.25, 0.3) is 5.91 Å². The monoisotopic (exact) mass is 365 g/mol. The standard InChI is InChI=1S/C19H18F3NO3/c20-19(21,22)16-9-5-4-8-15(16)18(26)23-14(10-11-17(24)25)12-13-6-2-1-3-7-13/h1-9,14H,10-12H2,(H,23,26)(H,24,25). The molecule has 0 aromatic heterocycles. The molecule has 0 saturated carbocycles. The first-order valence-electron chi connectivity index (χ1n) is 8.00. The van der Waals surface area contributed by atoms with Gasteiger partial charge in [-0.2, -0.15) is 13.2 Å². The van der Waals surface area contributed by atoms with Crippen molar-refractivity contribution in [2.45, 2.75) is 31.5 Å². The summed E-state index contributed by atoms with van der Waals surface area (Å²) in [5.41, 5.74) is -0.644. The first kappa shape index (κ1) is 19.5. The van der Waals surface area contributed by atoms with Gasteiger partial charge in [-0.1, -0.05) is 42.5 Å². The number of nitrogens with one attached hydrogen (secondary N) is 1. The number of carboxylic acids is 1. The van der Waals surface area contributed by atoms with Gasteiger partial charge in [-0.25, -0.2) is 0 Å². The molecule has 2 aromatic rings. The van der Waals surface area contributed by atoms with Gasteiger partial charge in [-0.15, -0.1) is 0 Å². The van der Waals surface area contributed by atoms with E-state index in [0.29, 0.717) is 6.42 Å². The molecular formula is C19H18F3NO3. The van der Waals surface area contributed by atoms with Crippen molar-refractivity contribution >= 4 is 11.9 Å². The molecule has 7 heteroatoms. The van der Waals surface area contributed by atoms with Crippen LogP contribution in [0.15, 0.2) is 54.6 Å². The van der Waals surface area contributed by atoms with Crippen molar-refractivity contribution in [2.75, 3.05) is 0 Å². The third kappa shape index (κ3) is 5.61. The zero-order chi connectivity index (χ0) is 19.2. The average Bonchev–Trinajstić information content (AvgIpc) is 2.59. The normalized spacial score (nSPS) is 12.4. The zero-order valence-electron chi connectivity index (χ0n) is 13.8. The fourth-order valence-electron chi connectivity index (χ4n) is 2.61. The Hall–Kier alpha value is -2.83. The van der Waals surface area contributed by atoms with Crippen LogP contribution in [0.3, 0.4) is 0 Å². The zero-order valence-corrected chi connectivity index (χ0v) is 13.8. The number of halogens is 3. The summed E-state index contributed by atoms with van der Waals surface area (Å²) in [6.07, 6.45) is -4.40. The highest BCUT2D eigenvalue weighted by Crippen LogP contribution is 2.31. The molecule has 0 spiro atoms. The van der Waals surface area contributed by atoms with Crippen LogP contribution >= 0.6 is 0 Å². The van der Waals surface area contributed by atoms with E-state index in [2.05, 4.69) is 5.32 Å². The number of carboxylic acid groups (broad SMARTS) is 1. The van der Waals surface area contributed by atoms with Crippen molar-refractivity contribution in [1.29, 1.82) is 0 Å². The van der Waals surface area contributed by atoms with Gasteiger partial charge in [-0.3, -0.25) is 9.59 Å². The lowest BCUT2D eigenvalue weighted by molar-refractivity contribution is -0.138. The van der Waals surface area contributed by atoms with Crippen LogP contribution in [0.4, 0.5) is 13.2 Å². The highest BCUT2D eigenvalue weighted by Gasteiger charge is 2.35. The average molecular weight is 365 g/mol. The maximum absolute atomic E-state index is 13.1. The number of carbonyl (C=O) groups excluding carboxylic acids is 1. The van der Waals surface area contributed by atoms with Crippen LogP contribution in [0.1, 0.15) is 34.3 Å². The Morgan fingerprint density at radius 2 is 1.62 bits per heavy atom. The van der Waals surface area contributed by atoms with Gasteiger partial charge in [-0.05, 0) is 30.5 Å². The second-order valence-corrected chi connectivity index (χ2v) is 5.84. The maximum Gasteiger partial charge on any atom is 0.417 e. The quantitative estimate of drug-likeness (QED) is 0.782. The predicted molar refractivity (Wildman–Crippen MR) is 89.7 cm³/mol. The molecule has 2 aromatic carbocycles. The van der Waals surface area contributed by atoms with Crippen molar-refractivity contribution in [3.8, 4) is 0 Å². The molecule has 0 bridgehead atoms. The van der Waals surface area contributed by atoms with Crippen molar-refractivity contribution in [2.24, 2.45) is 0 Å². The molecule has 1 amide bonds. The molecule has 2 rings (SSSR count). The van der Waals surface area contributed by atoms with Crippen molar-refractivity contribution in [1.82, 2.24) is 5.32 Å². The SMILES string of the molecule is O=C(O)CCC(Cc1ccccc1)NC(=O)c1ccccc1C(F)(F)F. The molecule has 0 heterocycles. The number of hydrogen-bond acceptors (Lipinski definition) is 2. The number of aliphatic carboxylic acids is 1. The Labute approximate surface area is 148 Å². The van der Waals surface area contributed by atoms with Gasteiger partial charge in [0.05, 0.1) is 11.1 Å². The van der Waals surface area contributed by atoms with Crippen LogP contribution in [0.25, 0.3) is 0 Å². The van der Waals surface area contributed by atoms with E-state index in [-0.39, 0.29) is 12.8 Å². The van der Waals surface area contributed by atoms with Gasteiger partial charge in [0, 0.05) is 12.5 Å². The third-order valence-electron chi connectivity index (χ3n) is 3.84. The van der Waals surface area contributed by atoms with Crippen molar-refractivity contribution in [3.05, 3.63) is 71.3 Å². The van der Waals surface area contributed by atoms with E-state index < -0.39 is 35.2 Å². The van der Waals surface area contributed by atoms with Gasteiger partial charge in [0.1, 0.15) is 0 Å². The molecule has 4 nitrogen and oxygen atoms in total. The number of hydrogen-bond donors (Lipinski definition) is 2. The maximum atomic E-state index is 13.1. The molecule has 2 N–H and O–H groups in total. The predicted octanol–water partition coefficient (Wildman–Crippen LogP) is 3.91. The van der Waals surface area contributed by atoms with Gasteiger partial charge >= 0.3 is 12.1 Å². The Balaban J connectivity index is 2.19. The summed E-state index contributed by atoms with van der Waals surface area (Å²) in [5.74, 6) is -1.91. The fourth-order valence-corrected chi connectivity index (χ4v) is 2.61. The second kappa shape index (κ2) is 8.51. The van der Waals surface area contributed by atoms with E-state index in [1.54, 1.807) is 12.1 Å². The summed E-state index contributed by atoms with van der Waals surface area (Å²) in [4.78, 5) is 23.2. The van der Waals surface area contributed by atoms with E-state index in [4.69, 9.17) is 5.11 Å². The lowest BCUT2D eigenvalue weighted by atomic mass is 10.00. The van der Waals surface area contributed by atoms with Crippen molar-refractivity contribution in [3.63, 3.8) is 0 Å². The molecule has 26 heavy (non-hydrogen) atoms. The first-order chi connectivity index (χ1) is 12.3. The Kier molecular flexibility index (Phi) is 6.38. The number of amides is 1. The molecule has 1 atom stereocenters. The van der Waals surface area contributed by atoms with E-state index >= 15 is 0 Å². The Bertz CT molecular complexity index is 760. The molecule has 0 fully saturated rings. The number of rotatable bonds is 7. The first-order valence-corrected chi connectivity index (χ1v) is 8.00. The van der Waals surface area contributed by atoms with Gasteiger partial charge in [0.15, 0.2) is 0 Å². The van der Waals surface area contributed by atoms with Gasteiger partial charge < -0.3 is 10.4 Å². The lowest BCUT2D eigenvalue weighted by Gasteiger charge is -2.20. The van der Waals surface area contributed by atoms with E-state index in [1.165, 1.54) is 12.1 Å². The molecule has 0 aliphatic rings. The Morgan fingerprint density at radius 1 is 1.00 bits per heavy atom. The van der Waals surface area contributed by atoms with E-state index in [1.807, 2.05) is 18.2 Å². The number of alkyl halides is 3. The summed E-state index contributed by atoms with van der Waals surface area (Å²) in [7, 11) is 0. The molecule has 0 radical (unpaired) electrons. The highest BCUT2D eigenvalue weighted by atomic mass is 19.4. The summed E-state index contributed by atoms with van der Waals surface area (Å²) in [5, 5.41) is 11.4. The molecule has 1 unspecified atom stereocenters. The minimum Gasteiger partial charge on any atom is -0.481 e. The highest BCUT2D eigenvalue weighted by molar-refractivity contribution is 5.96. The van der Waals surface area contributed by atoms with Crippen LogP contribution in [0.5, 0.6) is 0 Å². The second-order valence-electron chi connectivity index (χ2n) is 5.84. The van der Waals surface area contributed by atoms with Crippen LogP contribution in [0, 0.1) is 0 Å². The number of benzene rings is 2. The third-order valence-corrected chi connectivity index (χ3v) is 3.84. The Morgan fingerprint density at radius 3 is 2.23 bits per heavy atom. The lowest BCUT2D eigenvalue weighted by Crippen LogP contribution is -2.37. The molecule has 0 aliphatic heterocycles. The van der Waals surface area contributed by atoms with E-state index in [9.17, 15) is 22.8 Å². The summed E-state index contributed by atoms with van der Waals surface area (Å²) < 4.78 is 39.3. The number of carbonyl (C=O) groups is 2. The van der Waals surface area contributed by atoms with Crippen molar-refractivity contribution < 1.29 is 27.9 Å². The summed E-state index contributed by atoms with van der Waals surface area (Å²) in [6.45, 7) is 0. The summed E-state index contributed by atoms with van der Waals surface area (Å²) >= 11 is 0. The smallest absolute Gasteiger partial charge is 0.417 e. The molecule has 0 aliphatic carbocycles. The van der Waals surface area contributed by atoms with Crippen LogP contribution in [-0.4, -0.2) is 23.0 Å². The minimum atomic E-state index is -4.65.